The van der Waals surface area contributed by atoms with Gasteiger partial charge in [0, 0.05) is 12.5 Å². The molecule has 2 amide bonds. The molecule has 1 aromatic carbocycles. The number of piperidine rings is 2. The first-order chi connectivity index (χ1) is 12.5. The topological polar surface area (TPSA) is 49.4 Å². The number of hydrogen-bond acceptors (Lipinski definition) is 3. The maximum Gasteiger partial charge on any atom is 0.234 e. The Bertz CT molecular complexity index is 637. The number of amides is 2. The van der Waals surface area contributed by atoms with Gasteiger partial charge in [-0.05, 0) is 69.3 Å². The standard InChI is InChI=1S/C19H25FN2O2.C2H6/c1-12(2)22-9-7-13(8-10-22)15-4-3-14(11-17(15)20)16-5-6-18(23)21-19(16)24;1-2/h3-4,11-13,16H,5-10H2,1-2H3,(H,21,23,24);1-2H3. The van der Waals surface area contributed by atoms with Crippen LogP contribution in [0.4, 0.5) is 4.39 Å². The molecule has 26 heavy (non-hydrogen) atoms. The maximum atomic E-state index is 14.6. The van der Waals surface area contributed by atoms with Crippen LogP contribution in [0.15, 0.2) is 18.2 Å². The van der Waals surface area contributed by atoms with Crippen molar-refractivity contribution < 1.29 is 14.0 Å². The van der Waals surface area contributed by atoms with Crippen LogP contribution in [-0.4, -0.2) is 35.8 Å². The van der Waals surface area contributed by atoms with Gasteiger partial charge >= 0.3 is 0 Å². The number of halogens is 1. The van der Waals surface area contributed by atoms with E-state index in [0.717, 1.165) is 31.5 Å². The molecule has 1 atom stereocenters. The molecule has 1 aromatic rings. The van der Waals surface area contributed by atoms with Gasteiger partial charge in [0.15, 0.2) is 0 Å². The van der Waals surface area contributed by atoms with Crippen LogP contribution in [0.3, 0.4) is 0 Å². The number of rotatable bonds is 3. The van der Waals surface area contributed by atoms with E-state index in [0.29, 0.717) is 24.4 Å². The molecule has 4 nitrogen and oxygen atoms in total. The Morgan fingerprint density at radius 2 is 1.77 bits per heavy atom. The van der Waals surface area contributed by atoms with Gasteiger partial charge in [-0.1, -0.05) is 26.0 Å². The molecule has 0 spiro atoms. The average molecular weight is 362 g/mol. The monoisotopic (exact) mass is 362 g/mol. The van der Waals surface area contributed by atoms with Crippen LogP contribution in [0.25, 0.3) is 0 Å². The third kappa shape index (κ3) is 4.70. The lowest BCUT2D eigenvalue weighted by Gasteiger charge is -2.35. The molecule has 0 aromatic heterocycles. The molecule has 2 fully saturated rings. The Labute approximate surface area is 156 Å². The fraction of sp³-hybridized carbons (Fsp3) is 0.619. The highest BCUT2D eigenvalue weighted by Gasteiger charge is 2.29. The second-order valence-electron chi connectivity index (χ2n) is 7.19. The van der Waals surface area contributed by atoms with Crippen molar-refractivity contribution in [3.05, 3.63) is 35.1 Å². The van der Waals surface area contributed by atoms with Crippen LogP contribution in [0.1, 0.15) is 76.3 Å². The third-order valence-corrected chi connectivity index (χ3v) is 5.37. The molecule has 3 rings (SSSR count). The summed E-state index contributed by atoms with van der Waals surface area (Å²) in [6, 6.07) is 5.72. The van der Waals surface area contributed by atoms with Gasteiger partial charge in [-0.15, -0.1) is 0 Å². The number of carbonyl (C=O) groups is 2. The van der Waals surface area contributed by atoms with Gasteiger partial charge in [-0.25, -0.2) is 4.39 Å². The minimum atomic E-state index is -0.422. The van der Waals surface area contributed by atoms with Gasteiger partial charge in [0.1, 0.15) is 5.82 Å². The molecule has 144 valence electrons. The predicted molar refractivity (Wildman–Crippen MR) is 102 cm³/mol. The summed E-state index contributed by atoms with van der Waals surface area (Å²) in [5.41, 5.74) is 1.43. The van der Waals surface area contributed by atoms with E-state index in [1.165, 1.54) is 6.07 Å². The Morgan fingerprint density at radius 1 is 1.12 bits per heavy atom. The summed E-state index contributed by atoms with van der Waals surface area (Å²) in [6.07, 6.45) is 2.70. The lowest BCUT2D eigenvalue weighted by atomic mass is 9.85. The summed E-state index contributed by atoms with van der Waals surface area (Å²) < 4.78 is 14.6. The zero-order valence-corrected chi connectivity index (χ0v) is 16.3. The highest BCUT2D eigenvalue weighted by Crippen LogP contribution is 2.33. The van der Waals surface area contributed by atoms with Crippen molar-refractivity contribution in [2.24, 2.45) is 0 Å². The quantitative estimate of drug-likeness (QED) is 0.828. The predicted octanol–water partition coefficient (Wildman–Crippen LogP) is 3.96. The first-order valence-corrected chi connectivity index (χ1v) is 9.82. The van der Waals surface area contributed by atoms with Crippen molar-refractivity contribution >= 4 is 11.8 Å². The van der Waals surface area contributed by atoms with Crippen LogP contribution >= 0.6 is 0 Å². The SMILES string of the molecule is CC.CC(C)N1CCC(c2ccc(C3CCC(=O)NC3=O)cc2F)CC1. The van der Waals surface area contributed by atoms with Crippen LogP contribution in [0, 0.1) is 5.82 Å². The van der Waals surface area contributed by atoms with E-state index >= 15 is 0 Å². The molecule has 0 aliphatic carbocycles. The molecular formula is C21H31FN2O2. The number of hydrogen-bond donors (Lipinski definition) is 1. The Kier molecular flexibility index (Phi) is 7.33. The van der Waals surface area contributed by atoms with Crippen LogP contribution in [0.5, 0.6) is 0 Å². The highest BCUT2D eigenvalue weighted by atomic mass is 19.1. The minimum absolute atomic E-state index is 0.222. The lowest BCUT2D eigenvalue weighted by molar-refractivity contribution is -0.134. The van der Waals surface area contributed by atoms with Crippen molar-refractivity contribution in [2.45, 2.75) is 71.3 Å². The number of nitrogens with zero attached hydrogens (tertiary/aromatic N) is 1. The molecule has 0 radical (unpaired) electrons. The molecule has 2 saturated heterocycles. The zero-order chi connectivity index (χ0) is 19.3. The van der Waals surface area contributed by atoms with Crippen LogP contribution < -0.4 is 5.32 Å². The first-order valence-electron chi connectivity index (χ1n) is 9.82. The largest absolute Gasteiger partial charge is 0.301 e. The Hall–Kier alpha value is -1.75. The second kappa shape index (κ2) is 9.26. The number of likely N-dealkylation sites (tertiary alicyclic amines) is 1. The van der Waals surface area contributed by atoms with Crippen molar-refractivity contribution in [3.8, 4) is 0 Å². The number of benzene rings is 1. The second-order valence-corrected chi connectivity index (χ2v) is 7.19. The highest BCUT2D eigenvalue weighted by molar-refractivity contribution is 6.00. The number of imide groups is 1. The minimum Gasteiger partial charge on any atom is -0.301 e. The van der Waals surface area contributed by atoms with Gasteiger partial charge in [0.05, 0.1) is 5.92 Å². The van der Waals surface area contributed by atoms with Gasteiger partial charge in [0.2, 0.25) is 11.8 Å². The summed E-state index contributed by atoms with van der Waals surface area (Å²) in [5.74, 6) is -0.959. The van der Waals surface area contributed by atoms with Crippen molar-refractivity contribution in [3.63, 3.8) is 0 Å². The van der Waals surface area contributed by atoms with Gasteiger partial charge < -0.3 is 4.90 Å². The van der Waals surface area contributed by atoms with E-state index in [9.17, 15) is 14.0 Å². The first kappa shape index (κ1) is 20.6. The molecule has 0 bridgehead atoms. The molecule has 1 unspecified atom stereocenters. The number of carbonyl (C=O) groups excluding carboxylic acids is 2. The van der Waals surface area contributed by atoms with Crippen LogP contribution in [-0.2, 0) is 9.59 Å². The molecule has 1 N–H and O–H groups in total. The summed E-state index contributed by atoms with van der Waals surface area (Å²) >= 11 is 0. The Morgan fingerprint density at radius 3 is 2.31 bits per heavy atom. The van der Waals surface area contributed by atoms with Crippen molar-refractivity contribution in [1.82, 2.24) is 10.2 Å². The maximum absolute atomic E-state index is 14.6. The summed E-state index contributed by atoms with van der Waals surface area (Å²) in [4.78, 5) is 25.6. The summed E-state index contributed by atoms with van der Waals surface area (Å²) in [5, 5.41) is 2.33. The van der Waals surface area contributed by atoms with Gasteiger partial charge in [-0.2, -0.15) is 0 Å². The van der Waals surface area contributed by atoms with E-state index in [-0.39, 0.29) is 23.5 Å². The van der Waals surface area contributed by atoms with Gasteiger partial charge in [0.25, 0.3) is 0 Å². The van der Waals surface area contributed by atoms with E-state index in [1.54, 1.807) is 0 Å². The molecular weight excluding hydrogens is 331 g/mol. The van der Waals surface area contributed by atoms with Gasteiger partial charge in [-0.3, -0.25) is 14.9 Å². The number of nitrogens with one attached hydrogen (secondary N) is 1. The van der Waals surface area contributed by atoms with E-state index < -0.39 is 5.92 Å². The zero-order valence-electron chi connectivity index (χ0n) is 16.3. The van der Waals surface area contributed by atoms with Crippen molar-refractivity contribution in [2.75, 3.05) is 13.1 Å². The molecule has 5 heteroatoms. The third-order valence-electron chi connectivity index (χ3n) is 5.37. The molecule has 2 aliphatic rings. The average Bonchev–Trinajstić information content (AvgIpc) is 2.63. The van der Waals surface area contributed by atoms with E-state index in [1.807, 2.05) is 26.0 Å². The van der Waals surface area contributed by atoms with E-state index in [4.69, 9.17) is 0 Å². The van der Waals surface area contributed by atoms with E-state index in [2.05, 4.69) is 24.1 Å². The molecule has 0 saturated carbocycles. The lowest BCUT2D eigenvalue weighted by Crippen LogP contribution is -2.39. The fourth-order valence-corrected chi connectivity index (χ4v) is 3.83. The van der Waals surface area contributed by atoms with Crippen LogP contribution in [0.2, 0.25) is 0 Å². The molecule has 2 aliphatic heterocycles. The summed E-state index contributed by atoms with van der Waals surface area (Å²) in [6.45, 7) is 10.4. The molecule has 2 heterocycles. The smallest absolute Gasteiger partial charge is 0.234 e. The summed E-state index contributed by atoms with van der Waals surface area (Å²) in [7, 11) is 0. The normalized spacial score (nSPS) is 22.0. The Balaban J connectivity index is 0.00000117. The fourth-order valence-electron chi connectivity index (χ4n) is 3.83. The van der Waals surface area contributed by atoms with Crippen molar-refractivity contribution in [1.29, 1.82) is 0 Å².